The molecule has 0 N–H and O–H groups in total. The molecular weight excluding hydrogens is 442 g/mol. The molecule has 4 aromatic rings. The predicted octanol–water partition coefficient (Wildman–Crippen LogP) is 5.70. The number of carbonyl (C=O) groups is 1. The van der Waals surface area contributed by atoms with Crippen LogP contribution in [0, 0.1) is 0 Å². The summed E-state index contributed by atoms with van der Waals surface area (Å²) in [7, 11) is 2.07. The van der Waals surface area contributed by atoms with E-state index in [1.54, 1.807) is 0 Å². The molecule has 0 bridgehead atoms. The van der Waals surface area contributed by atoms with E-state index >= 15 is 0 Å². The molecule has 0 saturated carbocycles. The van der Waals surface area contributed by atoms with Gasteiger partial charge in [0.15, 0.2) is 0 Å². The van der Waals surface area contributed by atoms with E-state index < -0.39 is 0 Å². The van der Waals surface area contributed by atoms with Gasteiger partial charge in [0.25, 0.3) is 0 Å². The van der Waals surface area contributed by atoms with Crippen molar-refractivity contribution >= 4 is 28.4 Å². The summed E-state index contributed by atoms with van der Waals surface area (Å²) in [6, 6.07) is 26.9. The van der Waals surface area contributed by atoms with Crippen LogP contribution in [-0.2, 0) is 18.4 Å². The second-order valence-corrected chi connectivity index (χ2v) is 9.60. The summed E-state index contributed by atoms with van der Waals surface area (Å²) in [5.74, 6) is 0.200. The summed E-state index contributed by atoms with van der Waals surface area (Å²) >= 11 is 6.18. The molecule has 1 saturated heterocycles. The zero-order valence-electron chi connectivity index (χ0n) is 19.5. The third-order valence-electron chi connectivity index (χ3n) is 6.93. The molecule has 1 atom stereocenters. The van der Waals surface area contributed by atoms with E-state index in [2.05, 4.69) is 83.4 Å². The van der Waals surface area contributed by atoms with Crippen LogP contribution in [0.3, 0.4) is 0 Å². The van der Waals surface area contributed by atoms with Gasteiger partial charge in [-0.2, -0.15) is 0 Å². The van der Waals surface area contributed by atoms with Gasteiger partial charge < -0.3 is 9.47 Å². The lowest BCUT2D eigenvalue weighted by molar-refractivity contribution is -0.133. The molecule has 174 valence electrons. The molecular formula is C29H30ClN3O. The summed E-state index contributed by atoms with van der Waals surface area (Å²) in [6.07, 6.45) is 2.63. The number of aryl methyl sites for hydroxylation is 1. The highest BCUT2D eigenvalue weighted by Crippen LogP contribution is 2.35. The van der Waals surface area contributed by atoms with Crippen molar-refractivity contribution in [3.8, 4) is 0 Å². The Hall–Kier alpha value is -3.08. The Kier molecular flexibility index (Phi) is 6.70. The minimum Gasteiger partial charge on any atom is -0.350 e. The maximum Gasteiger partial charge on any atom is 0.223 e. The van der Waals surface area contributed by atoms with Crippen LogP contribution in [0.15, 0.2) is 85.1 Å². The van der Waals surface area contributed by atoms with E-state index in [4.69, 9.17) is 11.6 Å². The molecule has 5 rings (SSSR count). The average molecular weight is 472 g/mol. The van der Waals surface area contributed by atoms with Crippen LogP contribution in [0.1, 0.15) is 29.0 Å². The Morgan fingerprint density at radius 3 is 2.29 bits per heavy atom. The number of nitrogens with zero attached hydrogens (tertiary/aromatic N) is 3. The van der Waals surface area contributed by atoms with E-state index in [0.29, 0.717) is 11.4 Å². The minimum absolute atomic E-state index is 0.0155. The van der Waals surface area contributed by atoms with Crippen LogP contribution >= 0.6 is 11.6 Å². The van der Waals surface area contributed by atoms with Crippen LogP contribution < -0.4 is 0 Å². The third-order valence-corrected chi connectivity index (χ3v) is 7.18. The van der Waals surface area contributed by atoms with E-state index in [1.165, 1.54) is 22.0 Å². The highest BCUT2D eigenvalue weighted by Gasteiger charge is 2.27. The number of piperazine rings is 1. The van der Waals surface area contributed by atoms with Crippen LogP contribution in [0.25, 0.3) is 10.9 Å². The Bertz CT molecular complexity index is 1260. The van der Waals surface area contributed by atoms with E-state index in [9.17, 15) is 4.79 Å². The molecule has 4 nitrogen and oxygen atoms in total. The lowest BCUT2D eigenvalue weighted by atomic mass is 9.87. The van der Waals surface area contributed by atoms with Crippen LogP contribution in [0.2, 0.25) is 5.02 Å². The Labute approximate surface area is 206 Å². The Balaban J connectivity index is 1.34. The van der Waals surface area contributed by atoms with Crippen molar-refractivity contribution in [2.24, 2.45) is 7.05 Å². The van der Waals surface area contributed by atoms with Crippen molar-refractivity contribution in [1.29, 1.82) is 0 Å². The number of rotatable bonds is 6. The van der Waals surface area contributed by atoms with E-state index in [-0.39, 0.29) is 11.8 Å². The van der Waals surface area contributed by atoms with Gasteiger partial charge in [0.1, 0.15) is 0 Å². The number of halogens is 1. The fourth-order valence-corrected chi connectivity index (χ4v) is 5.18. The zero-order valence-corrected chi connectivity index (χ0v) is 20.3. The molecule has 1 aliphatic rings. The van der Waals surface area contributed by atoms with Gasteiger partial charge in [-0.25, -0.2) is 0 Å². The molecule has 3 aromatic carbocycles. The fraction of sp³-hybridized carbons (Fsp3) is 0.276. The van der Waals surface area contributed by atoms with Crippen LogP contribution in [-0.4, -0.2) is 46.5 Å². The normalized spacial score (nSPS) is 15.5. The lowest BCUT2D eigenvalue weighted by Gasteiger charge is -2.35. The van der Waals surface area contributed by atoms with Gasteiger partial charge in [-0.05, 0) is 34.9 Å². The Morgan fingerprint density at radius 2 is 1.56 bits per heavy atom. The quantitative estimate of drug-likeness (QED) is 0.361. The minimum atomic E-state index is -0.0155. The van der Waals surface area contributed by atoms with Crippen molar-refractivity contribution in [1.82, 2.24) is 14.4 Å². The lowest BCUT2D eigenvalue weighted by Crippen LogP contribution is -2.48. The number of benzene rings is 3. The molecule has 0 unspecified atom stereocenters. The number of carbonyl (C=O) groups excluding carboxylic acids is 1. The highest BCUT2D eigenvalue weighted by molar-refractivity contribution is 6.30. The molecule has 0 aliphatic carbocycles. The number of hydrogen-bond donors (Lipinski definition) is 0. The molecule has 1 amide bonds. The summed E-state index contributed by atoms with van der Waals surface area (Å²) in [5, 5.41) is 1.91. The molecule has 34 heavy (non-hydrogen) atoms. The fourth-order valence-electron chi connectivity index (χ4n) is 5.05. The molecule has 1 aliphatic heterocycles. The first-order chi connectivity index (χ1) is 16.6. The van der Waals surface area contributed by atoms with E-state index in [1.807, 2.05) is 23.1 Å². The number of para-hydroxylation sites is 1. The van der Waals surface area contributed by atoms with Crippen LogP contribution in [0.5, 0.6) is 0 Å². The number of amides is 1. The molecule has 1 aromatic heterocycles. The van der Waals surface area contributed by atoms with Gasteiger partial charge in [-0.1, -0.05) is 72.3 Å². The second kappa shape index (κ2) is 10.0. The number of fused-ring (bicyclic) bond motifs is 1. The smallest absolute Gasteiger partial charge is 0.223 e. The second-order valence-electron chi connectivity index (χ2n) is 9.16. The first-order valence-electron chi connectivity index (χ1n) is 11.9. The number of aromatic nitrogens is 1. The largest absolute Gasteiger partial charge is 0.350 e. The molecule has 0 radical (unpaired) electrons. The van der Waals surface area contributed by atoms with E-state index in [0.717, 1.165) is 38.3 Å². The molecule has 1 fully saturated rings. The first kappa shape index (κ1) is 22.7. The standard InChI is InChI=1S/C29H30ClN3O/c1-31-21-27(25-9-5-6-10-28(25)31)26(23-11-13-24(30)14-12-23)19-29(34)33-17-15-32(16-18-33)20-22-7-3-2-4-8-22/h2-14,21,26H,15-20H2,1H3/t26-/m1/s1. The maximum absolute atomic E-state index is 13.5. The van der Waals surface area contributed by atoms with Gasteiger partial charge >= 0.3 is 0 Å². The van der Waals surface area contributed by atoms with Gasteiger partial charge in [-0.15, -0.1) is 0 Å². The first-order valence-corrected chi connectivity index (χ1v) is 12.3. The Morgan fingerprint density at radius 1 is 0.882 bits per heavy atom. The van der Waals surface area contributed by atoms with Gasteiger partial charge in [-0.3, -0.25) is 9.69 Å². The van der Waals surface area contributed by atoms with Crippen molar-refractivity contribution < 1.29 is 4.79 Å². The number of hydrogen-bond acceptors (Lipinski definition) is 2. The average Bonchev–Trinajstić information content (AvgIpc) is 3.20. The van der Waals surface area contributed by atoms with Gasteiger partial charge in [0.2, 0.25) is 5.91 Å². The van der Waals surface area contributed by atoms with Gasteiger partial charge in [0.05, 0.1) is 0 Å². The maximum atomic E-state index is 13.5. The summed E-state index contributed by atoms with van der Waals surface area (Å²) < 4.78 is 2.15. The zero-order chi connectivity index (χ0) is 23.5. The van der Waals surface area contributed by atoms with Crippen molar-refractivity contribution in [3.63, 3.8) is 0 Å². The van der Waals surface area contributed by atoms with Crippen molar-refractivity contribution in [3.05, 3.63) is 107 Å². The molecule has 0 spiro atoms. The SMILES string of the molecule is Cn1cc([C@H](CC(=O)N2CCN(Cc3ccccc3)CC2)c2ccc(Cl)cc2)c2ccccc21. The van der Waals surface area contributed by atoms with Crippen molar-refractivity contribution in [2.45, 2.75) is 18.9 Å². The van der Waals surface area contributed by atoms with Gasteiger partial charge in [0, 0.05) is 74.2 Å². The molecule has 2 heterocycles. The molecule has 5 heteroatoms. The predicted molar refractivity (Wildman–Crippen MR) is 139 cm³/mol. The summed E-state index contributed by atoms with van der Waals surface area (Å²) in [6.45, 7) is 4.29. The monoisotopic (exact) mass is 471 g/mol. The topological polar surface area (TPSA) is 28.5 Å². The summed E-state index contributed by atoms with van der Waals surface area (Å²) in [4.78, 5) is 18.0. The summed E-state index contributed by atoms with van der Waals surface area (Å²) in [5.41, 5.74) is 4.81. The third kappa shape index (κ3) is 4.89. The van der Waals surface area contributed by atoms with Crippen LogP contribution in [0.4, 0.5) is 0 Å². The highest BCUT2D eigenvalue weighted by atomic mass is 35.5. The van der Waals surface area contributed by atoms with Crippen molar-refractivity contribution in [2.75, 3.05) is 26.2 Å².